The Labute approximate surface area is 170 Å². The minimum atomic E-state index is -0.154. The lowest BCUT2D eigenvalue weighted by molar-refractivity contribution is 0.0943. The van der Waals surface area contributed by atoms with Gasteiger partial charge < -0.3 is 14.7 Å². The van der Waals surface area contributed by atoms with E-state index in [1.54, 1.807) is 22.7 Å². The molecule has 0 bridgehead atoms. The van der Waals surface area contributed by atoms with E-state index in [9.17, 15) is 4.79 Å². The zero-order chi connectivity index (χ0) is 19.7. The summed E-state index contributed by atoms with van der Waals surface area (Å²) in [4.78, 5) is 20.7. The van der Waals surface area contributed by atoms with Crippen LogP contribution in [0.15, 0.2) is 44.9 Å². The Morgan fingerprint density at radius 3 is 2.86 bits per heavy atom. The monoisotopic (exact) mass is 412 g/mol. The fraction of sp³-hybridized carbons (Fsp3) is 0.250. The van der Waals surface area contributed by atoms with Gasteiger partial charge in [0.05, 0.1) is 33.3 Å². The largest absolute Gasteiger partial charge is 0.350 e. The number of nitrogens with one attached hydrogen (secondary N) is 1. The molecule has 6 nitrogen and oxygen atoms in total. The van der Waals surface area contributed by atoms with Gasteiger partial charge in [0.25, 0.3) is 11.6 Å². The van der Waals surface area contributed by atoms with Crippen molar-refractivity contribution in [2.45, 2.75) is 13.0 Å². The fourth-order valence-electron chi connectivity index (χ4n) is 3.17. The standard InChI is InChI=1S/C20H20N4O2S2/c1-12-18-14(9-15(17-5-4-7-28-17)22-20(18)26-23-12)19(25)21-10-16(24(2)3)13-6-8-27-11-13/h4-9,11,16H,10H2,1-3H3,(H,21,25). The highest BCUT2D eigenvalue weighted by molar-refractivity contribution is 7.13. The molecule has 0 radical (unpaired) electrons. The molecule has 4 aromatic rings. The van der Waals surface area contributed by atoms with E-state index in [0.29, 0.717) is 34.6 Å². The molecule has 1 N–H and O–H groups in total. The third kappa shape index (κ3) is 3.58. The molecule has 0 saturated heterocycles. The van der Waals surface area contributed by atoms with Gasteiger partial charge in [0.1, 0.15) is 0 Å². The van der Waals surface area contributed by atoms with Crippen LogP contribution in [0.25, 0.3) is 21.7 Å². The minimum Gasteiger partial charge on any atom is -0.350 e. The number of aromatic nitrogens is 2. The number of aryl methyl sites for hydroxylation is 1. The maximum Gasteiger partial charge on any atom is 0.259 e. The number of pyridine rings is 1. The van der Waals surface area contributed by atoms with Crippen molar-refractivity contribution in [3.8, 4) is 10.6 Å². The van der Waals surface area contributed by atoms with E-state index < -0.39 is 0 Å². The number of hydrogen-bond acceptors (Lipinski definition) is 7. The second-order valence-corrected chi connectivity index (χ2v) is 8.45. The number of thiophene rings is 2. The van der Waals surface area contributed by atoms with E-state index in [-0.39, 0.29) is 11.9 Å². The van der Waals surface area contributed by atoms with Crippen molar-refractivity contribution in [1.82, 2.24) is 20.4 Å². The summed E-state index contributed by atoms with van der Waals surface area (Å²) in [6.07, 6.45) is 0. The van der Waals surface area contributed by atoms with Gasteiger partial charge in [-0.15, -0.1) is 11.3 Å². The van der Waals surface area contributed by atoms with Gasteiger partial charge in [0, 0.05) is 6.54 Å². The van der Waals surface area contributed by atoms with Crippen LogP contribution in [-0.2, 0) is 0 Å². The minimum absolute atomic E-state index is 0.105. The second-order valence-electron chi connectivity index (χ2n) is 6.73. The second kappa shape index (κ2) is 7.83. The summed E-state index contributed by atoms with van der Waals surface area (Å²) in [5.41, 5.74) is 3.49. The molecule has 4 aromatic heterocycles. The molecule has 28 heavy (non-hydrogen) atoms. The zero-order valence-electron chi connectivity index (χ0n) is 15.8. The van der Waals surface area contributed by atoms with Crippen molar-refractivity contribution in [1.29, 1.82) is 0 Å². The van der Waals surface area contributed by atoms with E-state index in [4.69, 9.17) is 4.52 Å². The molecule has 4 heterocycles. The summed E-state index contributed by atoms with van der Waals surface area (Å²) in [7, 11) is 4.02. The summed E-state index contributed by atoms with van der Waals surface area (Å²) < 4.78 is 5.36. The SMILES string of the molecule is Cc1noc2nc(-c3cccs3)cc(C(=O)NCC(c3ccsc3)N(C)C)c12. The van der Waals surface area contributed by atoms with Crippen LogP contribution in [0.2, 0.25) is 0 Å². The number of amides is 1. The maximum absolute atomic E-state index is 13.1. The fourth-order valence-corrected chi connectivity index (χ4v) is 4.57. The molecule has 0 aliphatic rings. The predicted molar refractivity (Wildman–Crippen MR) is 113 cm³/mol. The summed E-state index contributed by atoms with van der Waals surface area (Å²) in [6.45, 7) is 2.33. The van der Waals surface area contributed by atoms with Gasteiger partial charge in [0.2, 0.25) is 0 Å². The Morgan fingerprint density at radius 2 is 2.18 bits per heavy atom. The lowest BCUT2D eigenvalue weighted by Crippen LogP contribution is -2.34. The summed E-state index contributed by atoms with van der Waals surface area (Å²) >= 11 is 3.22. The highest BCUT2D eigenvalue weighted by Crippen LogP contribution is 2.29. The van der Waals surface area contributed by atoms with E-state index in [1.807, 2.05) is 50.0 Å². The number of rotatable bonds is 6. The molecule has 1 atom stereocenters. The van der Waals surface area contributed by atoms with Gasteiger partial charge in [-0.05, 0) is 60.9 Å². The number of carbonyl (C=O) groups is 1. The van der Waals surface area contributed by atoms with E-state index >= 15 is 0 Å². The van der Waals surface area contributed by atoms with Crippen LogP contribution < -0.4 is 5.32 Å². The molecule has 4 rings (SSSR count). The van der Waals surface area contributed by atoms with Crippen LogP contribution in [0.1, 0.15) is 27.7 Å². The number of carbonyl (C=O) groups excluding carboxylic acids is 1. The van der Waals surface area contributed by atoms with Crippen LogP contribution >= 0.6 is 22.7 Å². The third-order valence-electron chi connectivity index (χ3n) is 4.64. The Bertz CT molecular complexity index is 1090. The molecule has 0 aliphatic carbocycles. The number of nitrogens with zero attached hydrogens (tertiary/aromatic N) is 3. The average molecular weight is 413 g/mol. The van der Waals surface area contributed by atoms with E-state index in [0.717, 1.165) is 4.88 Å². The molecular formula is C20H20N4O2S2. The van der Waals surface area contributed by atoms with Crippen LogP contribution in [0.3, 0.4) is 0 Å². The molecule has 144 valence electrons. The van der Waals surface area contributed by atoms with Crippen molar-refractivity contribution in [2.24, 2.45) is 0 Å². The first-order chi connectivity index (χ1) is 13.5. The Balaban J connectivity index is 1.65. The summed E-state index contributed by atoms with van der Waals surface area (Å²) in [5, 5.41) is 13.9. The van der Waals surface area contributed by atoms with Crippen molar-refractivity contribution >= 4 is 39.7 Å². The first-order valence-electron chi connectivity index (χ1n) is 8.82. The van der Waals surface area contributed by atoms with Crippen LogP contribution in [0.4, 0.5) is 0 Å². The highest BCUT2D eigenvalue weighted by Gasteiger charge is 2.21. The molecule has 0 aliphatic heterocycles. The van der Waals surface area contributed by atoms with Crippen LogP contribution in [0, 0.1) is 6.92 Å². The van der Waals surface area contributed by atoms with Gasteiger partial charge in [-0.2, -0.15) is 11.3 Å². The Kier molecular flexibility index (Phi) is 5.25. The average Bonchev–Trinajstić information content (AvgIpc) is 3.43. The van der Waals surface area contributed by atoms with Gasteiger partial charge in [-0.3, -0.25) is 4.79 Å². The van der Waals surface area contributed by atoms with Crippen molar-refractivity contribution in [3.63, 3.8) is 0 Å². The molecule has 0 aromatic carbocycles. The first kappa shape index (κ1) is 18.8. The molecule has 0 spiro atoms. The van der Waals surface area contributed by atoms with E-state index in [1.165, 1.54) is 5.56 Å². The highest BCUT2D eigenvalue weighted by atomic mass is 32.1. The van der Waals surface area contributed by atoms with Crippen molar-refractivity contribution in [3.05, 3.63) is 57.2 Å². The predicted octanol–water partition coefficient (Wildman–Crippen LogP) is 4.35. The lowest BCUT2D eigenvalue weighted by Gasteiger charge is -2.24. The Morgan fingerprint density at radius 1 is 1.32 bits per heavy atom. The maximum atomic E-state index is 13.1. The molecule has 0 fully saturated rings. The molecule has 8 heteroatoms. The summed E-state index contributed by atoms with van der Waals surface area (Å²) in [6, 6.07) is 7.95. The Hall–Kier alpha value is -2.55. The normalized spacial score (nSPS) is 12.6. The van der Waals surface area contributed by atoms with Gasteiger partial charge in [-0.25, -0.2) is 4.98 Å². The first-order valence-corrected chi connectivity index (χ1v) is 10.6. The van der Waals surface area contributed by atoms with Crippen LogP contribution in [-0.4, -0.2) is 41.6 Å². The topological polar surface area (TPSA) is 71.3 Å². The van der Waals surface area contributed by atoms with E-state index in [2.05, 4.69) is 31.8 Å². The molecule has 1 unspecified atom stereocenters. The number of hydrogen-bond donors (Lipinski definition) is 1. The smallest absolute Gasteiger partial charge is 0.259 e. The lowest BCUT2D eigenvalue weighted by atomic mass is 10.1. The van der Waals surface area contributed by atoms with Gasteiger partial charge >= 0.3 is 0 Å². The number of fused-ring (bicyclic) bond motifs is 1. The quantitative estimate of drug-likeness (QED) is 0.510. The molecule has 0 saturated carbocycles. The third-order valence-corrected chi connectivity index (χ3v) is 6.24. The number of likely N-dealkylation sites (N-methyl/N-ethyl adjacent to an activating group) is 1. The van der Waals surface area contributed by atoms with Crippen molar-refractivity contribution < 1.29 is 9.32 Å². The van der Waals surface area contributed by atoms with Crippen LogP contribution in [0.5, 0.6) is 0 Å². The molecular weight excluding hydrogens is 392 g/mol. The zero-order valence-corrected chi connectivity index (χ0v) is 17.4. The van der Waals surface area contributed by atoms with Gasteiger partial charge in [0.15, 0.2) is 0 Å². The summed E-state index contributed by atoms with van der Waals surface area (Å²) in [5.74, 6) is -0.154. The molecule has 1 amide bonds. The van der Waals surface area contributed by atoms with Gasteiger partial charge in [-0.1, -0.05) is 11.2 Å². The van der Waals surface area contributed by atoms with Crippen molar-refractivity contribution in [2.75, 3.05) is 20.6 Å².